The molecule has 0 atom stereocenters. The monoisotopic (exact) mass is 368 g/mol. The average molecular weight is 368 g/mol. The SMILES string of the molecule is COc1ccc2nc(CN3CCN(C(=O)c4ccc(F)cc4)CC3)[nH]c2c1. The van der Waals surface area contributed by atoms with Gasteiger partial charge in [-0.1, -0.05) is 0 Å². The van der Waals surface area contributed by atoms with Gasteiger partial charge in [-0.2, -0.15) is 0 Å². The molecule has 3 aromatic rings. The molecular weight excluding hydrogens is 347 g/mol. The quantitative estimate of drug-likeness (QED) is 0.769. The number of nitrogens with zero attached hydrogens (tertiary/aromatic N) is 3. The van der Waals surface area contributed by atoms with E-state index in [4.69, 9.17) is 4.74 Å². The first-order valence-corrected chi connectivity index (χ1v) is 8.92. The third-order valence-electron chi connectivity index (χ3n) is 4.86. The van der Waals surface area contributed by atoms with Gasteiger partial charge in [-0.05, 0) is 36.4 Å². The van der Waals surface area contributed by atoms with Crippen molar-refractivity contribution in [2.75, 3.05) is 33.3 Å². The summed E-state index contributed by atoms with van der Waals surface area (Å²) in [5.74, 6) is 1.31. The molecule has 0 bridgehead atoms. The van der Waals surface area contributed by atoms with Crippen LogP contribution in [0.5, 0.6) is 5.75 Å². The number of aromatic nitrogens is 2. The number of hydrogen-bond acceptors (Lipinski definition) is 4. The van der Waals surface area contributed by atoms with Gasteiger partial charge in [0.2, 0.25) is 0 Å². The van der Waals surface area contributed by atoms with Crippen LogP contribution in [-0.2, 0) is 6.54 Å². The highest BCUT2D eigenvalue weighted by atomic mass is 19.1. The number of hydrogen-bond donors (Lipinski definition) is 1. The summed E-state index contributed by atoms with van der Waals surface area (Å²) >= 11 is 0. The lowest BCUT2D eigenvalue weighted by Crippen LogP contribution is -2.48. The van der Waals surface area contributed by atoms with Crippen molar-refractivity contribution >= 4 is 16.9 Å². The number of imidazole rings is 1. The Hall–Kier alpha value is -2.93. The zero-order chi connectivity index (χ0) is 18.8. The molecule has 27 heavy (non-hydrogen) atoms. The van der Waals surface area contributed by atoms with Crippen LogP contribution in [0.25, 0.3) is 11.0 Å². The molecule has 1 fully saturated rings. The fourth-order valence-electron chi connectivity index (χ4n) is 3.34. The molecule has 0 saturated carbocycles. The maximum Gasteiger partial charge on any atom is 0.253 e. The summed E-state index contributed by atoms with van der Waals surface area (Å²) in [7, 11) is 1.64. The summed E-state index contributed by atoms with van der Waals surface area (Å²) in [5, 5.41) is 0. The largest absolute Gasteiger partial charge is 0.497 e. The number of piperazine rings is 1. The lowest BCUT2D eigenvalue weighted by Gasteiger charge is -2.34. The van der Waals surface area contributed by atoms with Gasteiger partial charge in [-0.15, -0.1) is 0 Å². The lowest BCUT2D eigenvalue weighted by molar-refractivity contribution is 0.0626. The molecule has 1 N–H and O–H groups in total. The van der Waals surface area contributed by atoms with Gasteiger partial charge in [-0.3, -0.25) is 9.69 Å². The van der Waals surface area contributed by atoms with Gasteiger partial charge in [0.25, 0.3) is 5.91 Å². The highest BCUT2D eigenvalue weighted by Crippen LogP contribution is 2.19. The van der Waals surface area contributed by atoms with Crippen LogP contribution in [0.15, 0.2) is 42.5 Å². The van der Waals surface area contributed by atoms with Crippen LogP contribution < -0.4 is 4.74 Å². The third-order valence-corrected chi connectivity index (χ3v) is 4.86. The van der Waals surface area contributed by atoms with E-state index in [1.54, 1.807) is 7.11 Å². The predicted molar refractivity (Wildman–Crippen MR) is 100 cm³/mol. The van der Waals surface area contributed by atoms with Gasteiger partial charge in [0.15, 0.2) is 0 Å². The second-order valence-electron chi connectivity index (χ2n) is 6.64. The number of methoxy groups -OCH3 is 1. The number of amides is 1. The maximum absolute atomic E-state index is 13.0. The van der Waals surface area contributed by atoms with E-state index in [-0.39, 0.29) is 11.7 Å². The smallest absolute Gasteiger partial charge is 0.253 e. The number of carbonyl (C=O) groups is 1. The molecule has 0 aliphatic carbocycles. The number of ether oxygens (including phenoxy) is 1. The molecule has 0 unspecified atom stereocenters. The average Bonchev–Trinajstić information content (AvgIpc) is 3.10. The number of aromatic amines is 1. The van der Waals surface area contributed by atoms with Crippen LogP contribution in [0, 0.1) is 5.82 Å². The Labute approximate surface area is 156 Å². The molecule has 0 radical (unpaired) electrons. The molecule has 2 aromatic carbocycles. The first kappa shape index (κ1) is 17.5. The van der Waals surface area contributed by atoms with Crippen molar-refractivity contribution in [1.82, 2.24) is 19.8 Å². The zero-order valence-corrected chi connectivity index (χ0v) is 15.1. The Morgan fingerprint density at radius 1 is 1.15 bits per heavy atom. The first-order chi connectivity index (χ1) is 13.1. The number of rotatable bonds is 4. The minimum Gasteiger partial charge on any atom is -0.497 e. The second kappa shape index (κ2) is 7.36. The standard InChI is InChI=1S/C20H21FN4O2/c1-27-16-6-7-17-18(12-16)23-19(22-17)13-24-8-10-25(11-9-24)20(26)14-2-4-15(21)5-3-14/h2-7,12H,8-11,13H2,1H3,(H,22,23). The van der Waals surface area contributed by atoms with Gasteiger partial charge in [0.05, 0.1) is 24.7 Å². The molecule has 6 nitrogen and oxygen atoms in total. The van der Waals surface area contributed by atoms with Crippen molar-refractivity contribution in [2.24, 2.45) is 0 Å². The summed E-state index contributed by atoms with van der Waals surface area (Å²) in [6.07, 6.45) is 0. The zero-order valence-electron chi connectivity index (χ0n) is 15.1. The van der Waals surface area contributed by atoms with Crippen LogP contribution in [0.3, 0.4) is 0 Å². The van der Waals surface area contributed by atoms with E-state index in [0.29, 0.717) is 25.2 Å². The lowest BCUT2D eigenvalue weighted by atomic mass is 10.2. The summed E-state index contributed by atoms with van der Waals surface area (Å²) in [6.45, 7) is 3.53. The Kier molecular flexibility index (Phi) is 4.77. The van der Waals surface area contributed by atoms with Crippen LogP contribution in [0.2, 0.25) is 0 Å². The summed E-state index contributed by atoms with van der Waals surface area (Å²) in [5.41, 5.74) is 2.39. The van der Waals surface area contributed by atoms with E-state index in [9.17, 15) is 9.18 Å². The van der Waals surface area contributed by atoms with Gasteiger partial charge < -0.3 is 14.6 Å². The van der Waals surface area contributed by atoms with Crippen LogP contribution in [0.4, 0.5) is 4.39 Å². The molecule has 4 rings (SSSR count). The van der Waals surface area contributed by atoms with Crippen molar-refractivity contribution < 1.29 is 13.9 Å². The van der Waals surface area contributed by atoms with Crippen LogP contribution >= 0.6 is 0 Å². The fraction of sp³-hybridized carbons (Fsp3) is 0.300. The maximum atomic E-state index is 13.0. The predicted octanol–water partition coefficient (Wildman–Crippen LogP) is 2.67. The highest BCUT2D eigenvalue weighted by Gasteiger charge is 2.22. The Morgan fingerprint density at radius 2 is 1.89 bits per heavy atom. The van der Waals surface area contributed by atoms with E-state index in [0.717, 1.165) is 35.7 Å². The number of halogens is 1. The van der Waals surface area contributed by atoms with Gasteiger partial charge >= 0.3 is 0 Å². The summed E-state index contributed by atoms with van der Waals surface area (Å²) in [6, 6.07) is 11.5. The number of benzene rings is 2. The Balaban J connectivity index is 1.36. The van der Waals surface area contributed by atoms with Crippen molar-refractivity contribution in [1.29, 1.82) is 0 Å². The van der Waals surface area contributed by atoms with Crippen molar-refractivity contribution in [2.45, 2.75) is 6.54 Å². The second-order valence-corrected chi connectivity index (χ2v) is 6.64. The number of fused-ring (bicyclic) bond motifs is 1. The first-order valence-electron chi connectivity index (χ1n) is 8.92. The number of H-pyrrole nitrogens is 1. The van der Waals surface area contributed by atoms with E-state index in [2.05, 4.69) is 14.9 Å². The van der Waals surface area contributed by atoms with Crippen LogP contribution in [0.1, 0.15) is 16.2 Å². The van der Waals surface area contributed by atoms with E-state index in [1.165, 1.54) is 24.3 Å². The highest BCUT2D eigenvalue weighted by molar-refractivity contribution is 5.94. The van der Waals surface area contributed by atoms with E-state index < -0.39 is 0 Å². The molecule has 1 amide bonds. The summed E-state index contributed by atoms with van der Waals surface area (Å²) < 4.78 is 18.3. The molecule has 7 heteroatoms. The third kappa shape index (κ3) is 3.78. The molecule has 0 spiro atoms. The molecule has 1 aliphatic rings. The fourth-order valence-corrected chi connectivity index (χ4v) is 3.34. The van der Waals surface area contributed by atoms with Crippen LogP contribution in [-0.4, -0.2) is 59.0 Å². The molecule has 2 heterocycles. The minimum absolute atomic E-state index is 0.0505. The molecule has 140 valence electrons. The minimum atomic E-state index is -0.333. The topological polar surface area (TPSA) is 61.5 Å². The normalized spacial score (nSPS) is 15.3. The summed E-state index contributed by atoms with van der Waals surface area (Å²) in [4.78, 5) is 24.5. The Morgan fingerprint density at radius 3 is 2.59 bits per heavy atom. The van der Waals surface area contributed by atoms with Crippen molar-refractivity contribution in [3.8, 4) is 5.75 Å². The molecule has 1 aliphatic heterocycles. The van der Waals surface area contributed by atoms with Crippen molar-refractivity contribution in [3.05, 3.63) is 59.7 Å². The van der Waals surface area contributed by atoms with Gasteiger partial charge in [0.1, 0.15) is 17.4 Å². The van der Waals surface area contributed by atoms with Gasteiger partial charge in [-0.25, -0.2) is 9.37 Å². The molecular formula is C20H21FN4O2. The van der Waals surface area contributed by atoms with E-state index in [1.807, 2.05) is 23.1 Å². The van der Waals surface area contributed by atoms with Gasteiger partial charge in [0, 0.05) is 37.8 Å². The Bertz CT molecular complexity index is 946. The molecule has 1 aromatic heterocycles. The molecule has 1 saturated heterocycles. The van der Waals surface area contributed by atoms with E-state index >= 15 is 0 Å². The van der Waals surface area contributed by atoms with Crippen molar-refractivity contribution in [3.63, 3.8) is 0 Å². The number of carbonyl (C=O) groups excluding carboxylic acids is 1. The number of nitrogens with one attached hydrogen (secondary N) is 1.